The Morgan fingerprint density at radius 3 is 1.90 bits per heavy atom. The van der Waals surface area contributed by atoms with E-state index in [1.54, 1.807) is 17.1 Å². The quantitative estimate of drug-likeness (QED) is 0.322. The van der Waals surface area contributed by atoms with Gasteiger partial charge in [-0.1, -0.05) is 0 Å². The summed E-state index contributed by atoms with van der Waals surface area (Å²) in [5, 5.41) is 0. The van der Waals surface area contributed by atoms with Crippen LogP contribution in [0.2, 0.25) is 0 Å². The number of halogens is 1. The van der Waals surface area contributed by atoms with E-state index in [0.717, 1.165) is 84.6 Å². The van der Waals surface area contributed by atoms with E-state index in [4.69, 9.17) is 9.47 Å². The molecule has 4 aromatic heterocycles. The number of hydrogen-bond donors (Lipinski definition) is 2. The van der Waals surface area contributed by atoms with Crippen LogP contribution in [0, 0.1) is 13.8 Å². The lowest BCUT2D eigenvalue weighted by molar-refractivity contribution is 0.0843. The summed E-state index contributed by atoms with van der Waals surface area (Å²) in [5.41, 5.74) is 6.79. The van der Waals surface area contributed by atoms with E-state index in [0.29, 0.717) is 22.0 Å². The van der Waals surface area contributed by atoms with Crippen molar-refractivity contribution in [1.82, 2.24) is 29.9 Å². The summed E-state index contributed by atoms with van der Waals surface area (Å²) in [7, 11) is 0. The number of aryl methyl sites for hydroxylation is 2. The van der Waals surface area contributed by atoms with Gasteiger partial charge in [-0.25, -0.2) is 19.9 Å². The van der Waals surface area contributed by atoms with Crippen LogP contribution in [-0.2, 0) is 9.47 Å². The van der Waals surface area contributed by atoms with Gasteiger partial charge in [-0.2, -0.15) is 0 Å². The fourth-order valence-electron chi connectivity index (χ4n) is 4.67. The molecule has 2 fully saturated rings. The Hall–Kier alpha value is -2.58. The highest BCUT2D eigenvalue weighted by Crippen LogP contribution is 2.32. The SMILES string of the molecule is Cc1ncsc1-c1nc(C2CCOCC2)c(Br)c(=O)[nH]1.Cc1ncsc1-c1nc(C2CCOCC2)cc(=O)[nH]1. The van der Waals surface area contributed by atoms with Crippen LogP contribution in [0.3, 0.4) is 0 Å². The molecule has 0 saturated carbocycles. The van der Waals surface area contributed by atoms with Crippen LogP contribution in [0.4, 0.5) is 0 Å². The first-order chi connectivity index (χ1) is 18.9. The van der Waals surface area contributed by atoms with Gasteiger partial charge in [-0.15, -0.1) is 22.7 Å². The molecular weight excluding hydrogens is 604 g/mol. The first-order valence-corrected chi connectivity index (χ1v) is 15.3. The highest BCUT2D eigenvalue weighted by Gasteiger charge is 2.23. The van der Waals surface area contributed by atoms with Gasteiger partial charge in [0.15, 0.2) is 11.6 Å². The molecule has 2 N–H and O–H groups in total. The average molecular weight is 634 g/mol. The summed E-state index contributed by atoms with van der Waals surface area (Å²) in [6.07, 6.45) is 3.65. The van der Waals surface area contributed by atoms with E-state index in [1.165, 1.54) is 22.7 Å². The minimum Gasteiger partial charge on any atom is -0.381 e. The highest BCUT2D eigenvalue weighted by atomic mass is 79.9. The molecule has 0 amide bonds. The maximum Gasteiger partial charge on any atom is 0.265 e. The van der Waals surface area contributed by atoms with Gasteiger partial charge in [0.2, 0.25) is 0 Å². The molecule has 6 heterocycles. The Morgan fingerprint density at radius 2 is 1.36 bits per heavy atom. The molecule has 0 aliphatic carbocycles. The van der Waals surface area contributed by atoms with Gasteiger partial charge in [0.25, 0.3) is 11.1 Å². The Labute approximate surface area is 241 Å². The molecule has 2 aliphatic rings. The molecule has 0 atom stereocenters. The second-order valence-corrected chi connectivity index (χ2v) is 11.9. The minimum absolute atomic E-state index is 0.0979. The Balaban J connectivity index is 0.000000158. The normalized spacial score (nSPS) is 16.6. The summed E-state index contributed by atoms with van der Waals surface area (Å²) in [6, 6.07) is 1.61. The third kappa shape index (κ3) is 6.60. The van der Waals surface area contributed by atoms with E-state index >= 15 is 0 Å². The number of H-pyrrole nitrogens is 2. The van der Waals surface area contributed by atoms with E-state index in [1.807, 2.05) is 13.8 Å². The number of aromatic amines is 2. The molecular formula is C26H29BrN6O4S2. The van der Waals surface area contributed by atoms with Crippen LogP contribution in [0.15, 0.2) is 31.1 Å². The van der Waals surface area contributed by atoms with Crippen molar-refractivity contribution in [3.63, 3.8) is 0 Å². The molecule has 0 spiro atoms. The van der Waals surface area contributed by atoms with Crippen molar-refractivity contribution in [2.24, 2.45) is 0 Å². The fraction of sp³-hybridized carbons (Fsp3) is 0.462. The summed E-state index contributed by atoms with van der Waals surface area (Å²) in [4.78, 5) is 49.1. The van der Waals surface area contributed by atoms with Crippen LogP contribution in [-0.4, -0.2) is 56.3 Å². The molecule has 2 aliphatic heterocycles. The molecule has 0 radical (unpaired) electrons. The molecule has 0 unspecified atom stereocenters. The lowest BCUT2D eigenvalue weighted by Gasteiger charge is -2.22. The zero-order valence-electron chi connectivity index (χ0n) is 21.7. The van der Waals surface area contributed by atoms with Gasteiger partial charge in [-0.3, -0.25) is 9.59 Å². The van der Waals surface area contributed by atoms with Gasteiger partial charge >= 0.3 is 0 Å². The van der Waals surface area contributed by atoms with Crippen molar-refractivity contribution in [2.75, 3.05) is 26.4 Å². The number of nitrogens with zero attached hydrogens (tertiary/aromatic N) is 4. The van der Waals surface area contributed by atoms with E-state index < -0.39 is 0 Å². The topological polar surface area (TPSA) is 136 Å². The monoisotopic (exact) mass is 632 g/mol. The third-order valence-electron chi connectivity index (χ3n) is 6.82. The third-order valence-corrected chi connectivity index (χ3v) is 9.46. The largest absolute Gasteiger partial charge is 0.381 e. The molecule has 39 heavy (non-hydrogen) atoms. The number of hydrogen-bond acceptors (Lipinski definition) is 10. The van der Waals surface area contributed by atoms with Gasteiger partial charge < -0.3 is 19.4 Å². The summed E-state index contributed by atoms with van der Waals surface area (Å²) in [5.74, 6) is 1.84. The number of thiazole rings is 2. The first-order valence-electron chi connectivity index (χ1n) is 12.8. The van der Waals surface area contributed by atoms with Crippen LogP contribution in [0.1, 0.15) is 60.3 Å². The minimum atomic E-state index is -0.135. The highest BCUT2D eigenvalue weighted by molar-refractivity contribution is 9.10. The van der Waals surface area contributed by atoms with Crippen LogP contribution in [0.5, 0.6) is 0 Å². The Morgan fingerprint density at radius 1 is 0.821 bits per heavy atom. The smallest absolute Gasteiger partial charge is 0.265 e. The van der Waals surface area contributed by atoms with Crippen molar-refractivity contribution in [3.05, 3.63) is 65.0 Å². The number of rotatable bonds is 4. The van der Waals surface area contributed by atoms with Gasteiger partial charge in [-0.05, 0) is 55.5 Å². The number of nitrogens with one attached hydrogen (secondary N) is 2. The van der Waals surface area contributed by atoms with Crippen molar-refractivity contribution in [2.45, 2.75) is 51.4 Å². The second-order valence-electron chi connectivity index (χ2n) is 9.44. The molecule has 4 aromatic rings. The van der Waals surface area contributed by atoms with Gasteiger partial charge in [0, 0.05) is 44.3 Å². The van der Waals surface area contributed by atoms with Crippen LogP contribution in [0.25, 0.3) is 21.4 Å². The summed E-state index contributed by atoms with van der Waals surface area (Å²) >= 11 is 6.36. The molecule has 2 saturated heterocycles. The van der Waals surface area contributed by atoms with Gasteiger partial charge in [0.05, 0.1) is 43.6 Å². The Bertz CT molecular complexity index is 1540. The fourth-order valence-corrected chi connectivity index (χ4v) is 6.68. The van der Waals surface area contributed by atoms with Gasteiger partial charge in [0.1, 0.15) is 4.47 Å². The van der Waals surface area contributed by atoms with Crippen molar-refractivity contribution < 1.29 is 9.47 Å². The average Bonchev–Trinajstić information content (AvgIpc) is 3.59. The maximum absolute atomic E-state index is 12.1. The zero-order valence-corrected chi connectivity index (χ0v) is 24.9. The van der Waals surface area contributed by atoms with Crippen molar-refractivity contribution in [3.8, 4) is 21.4 Å². The predicted molar refractivity (Wildman–Crippen MR) is 155 cm³/mol. The molecule has 6 rings (SSSR count). The molecule has 206 valence electrons. The lowest BCUT2D eigenvalue weighted by Crippen LogP contribution is -2.20. The maximum atomic E-state index is 12.1. The second kappa shape index (κ2) is 12.7. The van der Waals surface area contributed by atoms with Crippen LogP contribution < -0.4 is 11.1 Å². The van der Waals surface area contributed by atoms with E-state index in [9.17, 15) is 9.59 Å². The Kier molecular flexibility index (Phi) is 9.13. The summed E-state index contributed by atoms with van der Waals surface area (Å²) in [6.45, 7) is 6.78. The first kappa shape index (κ1) is 28.0. The van der Waals surface area contributed by atoms with Crippen molar-refractivity contribution >= 4 is 38.6 Å². The zero-order chi connectivity index (χ0) is 27.4. The van der Waals surface area contributed by atoms with E-state index in [-0.39, 0.29) is 17.0 Å². The standard InChI is InChI=1S/C13H14BrN3O2S.C13H15N3O2S/c1-7-11(20-6-15-7)12-16-10(9(14)13(18)17-12)8-2-4-19-5-3-8;1-8-12(19-7-14-8)13-15-10(6-11(17)16-13)9-2-4-18-5-3-9/h6,8H,2-5H2,1H3,(H,16,17,18);6-7,9H,2-5H2,1H3,(H,15,16,17). The summed E-state index contributed by atoms with van der Waals surface area (Å²) < 4.78 is 11.3. The number of ether oxygens (including phenoxy) is 2. The lowest BCUT2D eigenvalue weighted by atomic mass is 9.96. The molecule has 13 heteroatoms. The molecule has 10 nitrogen and oxygen atoms in total. The van der Waals surface area contributed by atoms with E-state index in [2.05, 4.69) is 45.8 Å². The van der Waals surface area contributed by atoms with Crippen molar-refractivity contribution in [1.29, 1.82) is 0 Å². The molecule has 0 bridgehead atoms. The molecule has 0 aromatic carbocycles. The predicted octanol–water partition coefficient (Wildman–Crippen LogP) is 4.95. The van der Waals surface area contributed by atoms with Crippen LogP contribution >= 0.6 is 38.6 Å². The number of aromatic nitrogens is 6.